The molecule has 0 saturated carbocycles. The fourth-order valence-electron chi connectivity index (χ4n) is 1.47. The molecule has 4 heteroatoms. The van der Waals surface area contributed by atoms with Crippen LogP contribution in [-0.2, 0) is 0 Å². The van der Waals surface area contributed by atoms with Gasteiger partial charge in [0.1, 0.15) is 18.2 Å². The standard InChI is InChI=1S/C12H11FN2O/c1-8-6-9(2-3-10(8)13)12(16)11-4-5-14-7-15-11/h2-7,12,16H,1H3. The number of aryl methyl sites for hydroxylation is 1. The zero-order chi connectivity index (χ0) is 11.5. The summed E-state index contributed by atoms with van der Waals surface area (Å²) in [5.74, 6) is -0.279. The Labute approximate surface area is 92.6 Å². The van der Waals surface area contributed by atoms with Crippen molar-refractivity contribution in [3.8, 4) is 0 Å². The predicted octanol–water partition coefficient (Wildman–Crippen LogP) is 2.01. The van der Waals surface area contributed by atoms with Gasteiger partial charge in [-0.05, 0) is 30.2 Å². The van der Waals surface area contributed by atoms with Crippen LogP contribution >= 0.6 is 0 Å². The molecule has 0 fully saturated rings. The highest BCUT2D eigenvalue weighted by Crippen LogP contribution is 2.21. The van der Waals surface area contributed by atoms with Gasteiger partial charge in [-0.1, -0.05) is 12.1 Å². The number of nitrogens with zero attached hydrogens (tertiary/aromatic N) is 2. The van der Waals surface area contributed by atoms with Gasteiger partial charge in [0.2, 0.25) is 0 Å². The summed E-state index contributed by atoms with van der Waals surface area (Å²) in [5.41, 5.74) is 1.63. The van der Waals surface area contributed by atoms with Crippen LogP contribution in [0.5, 0.6) is 0 Å². The third-order valence-electron chi connectivity index (χ3n) is 2.38. The molecule has 0 aliphatic carbocycles. The van der Waals surface area contributed by atoms with Crippen molar-refractivity contribution in [2.75, 3.05) is 0 Å². The first-order valence-corrected chi connectivity index (χ1v) is 4.88. The third kappa shape index (κ3) is 2.06. The Morgan fingerprint density at radius 2 is 2.12 bits per heavy atom. The molecule has 0 spiro atoms. The summed E-state index contributed by atoms with van der Waals surface area (Å²) in [5, 5.41) is 9.99. The first kappa shape index (κ1) is 10.7. The van der Waals surface area contributed by atoms with E-state index in [9.17, 15) is 9.50 Å². The molecule has 1 N–H and O–H groups in total. The lowest BCUT2D eigenvalue weighted by atomic mass is 10.0. The van der Waals surface area contributed by atoms with E-state index in [1.54, 1.807) is 31.3 Å². The first-order valence-electron chi connectivity index (χ1n) is 4.88. The minimum atomic E-state index is -0.845. The van der Waals surface area contributed by atoms with Crippen LogP contribution in [0.25, 0.3) is 0 Å². The Bertz CT molecular complexity index is 488. The van der Waals surface area contributed by atoms with Gasteiger partial charge in [0.05, 0.1) is 5.69 Å². The molecule has 0 bridgehead atoms. The fraction of sp³-hybridized carbons (Fsp3) is 0.167. The number of hydrogen-bond acceptors (Lipinski definition) is 3. The molecule has 1 unspecified atom stereocenters. The van der Waals surface area contributed by atoms with Crippen LogP contribution in [0.3, 0.4) is 0 Å². The summed E-state index contributed by atoms with van der Waals surface area (Å²) in [7, 11) is 0. The van der Waals surface area contributed by atoms with Crippen molar-refractivity contribution < 1.29 is 9.50 Å². The van der Waals surface area contributed by atoms with Crippen molar-refractivity contribution in [1.82, 2.24) is 9.97 Å². The largest absolute Gasteiger partial charge is 0.382 e. The van der Waals surface area contributed by atoms with Gasteiger partial charge in [0.25, 0.3) is 0 Å². The molecule has 0 aliphatic heterocycles. The highest BCUT2D eigenvalue weighted by molar-refractivity contribution is 5.29. The number of benzene rings is 1. The number of rotatable bonds is 2. The summed E-state index contributed by atoms with van der Waals surface area (Å²) in [6.45, 7) is 1.66. The molecular weight excluding hydrogens is 207 g/mol. The Morgan fingerprint density at radius 1 is 1.31 bits per heavy atom. The molecule has 0 saturated heterocycles. The zero-order valence-corrected chi connectivity index (χ0v) is 8.76. The van der Waals surface area contributed by atoms with Gasteiger partial charge in [-0.15, -0.1) is 0 Å². The highest BCUT2D eigenvalue weighted by Gasteiger charge is 2.12. The maximum Gasteiger partial charge on any atom is 0.126 e. The van der Waals surface area contributed by atoms with Crippen molar-refractivity contribution in [1.29, 1.82) is 0 Å². The molecule has 3 nitrogen and oxygen atoms in total. The van der Waals surface area contributed by atoms with Gasteiger partial charge >= 0.3 is 0 Å². The molecule has 16 heavy (non-hydrogen) atoms. The number of hydrogen-bond donors (Lipinski definition) is 1. The SMILES string of the molecule is Cc1cc(C(O)c2ccncn2)ccc1F. The van der Waals surface area contributed by atoms with Crippen LogP contribution < -0.4 is 0 Å². The van der Waals surface area contributed by atoms with E-state index in [-0.39, 0.29) is 5.82 Å². The maximum atomic E-state index is 13.1. The van der Waals surface area contributed by atoms with Crippen LogP contribution in [-0.4, -0.2) is 15.1 Å². The predicted molar refractivity (Wildman–Crippen MR) is 57.2 cm³/mol. The van der Waals surface area contributed by atoms with Crippen molar-refractivity contribution in [2.24, 2.45) is 0 Å². The summed E-state index contributed by atoms with van der Waals surface area (Å²) in [6, 6.07) is 6.13. The smallest absolute Gasteiger partial charge is 0.126 e. The minimum absolute atomic E-state index is 0.279. The summed E-state index contributed by atoms with van der Waals surface area (Å²) in [6.07, 6.45) is 2.08. The van der Waals surface area contributed by atoms with Gasteiger partial charge in [0.15, 0.2) is 0 Å². The van der Waals surface area contributed by atoms with Crippen LogP contribution in [0.1, 0.15) is 22.9 Å². The van der Waals surface area contributed by atoms with E-state index in [0.717, 1.165) is 0 Å². The number of halogens is 1. The lowest BCUT2D eigenvalue weighted by molar-refractivity contribution is 0.215. The van der Waals surface area contributed by atoms with Crippen molar-refractivity contribution in [2.45, 2.75) is 13.0 Å². The monoisotopic (exact) mass is 218 g/mol. The lowest BCUT2D eigenvalue weighted by Crippen LogP contribution is -2.03. The van der Waals surface area contributed by atoms with Gasteiger partial charge in [-0.2, -0.15) is 0 Å². The average Bonchev–Trinajstić information content (AvgIpc) is 2.33. The quantitative estimate of drug-likeness (QED) is 0.838. The van der Waals surface area contributed by atoms with E-state index in [0.29, 0.717) is 16.8 Å². The Morgan fingerprint density at radius 3 is 2.75 bits per heavy atom. The molecule has 1 aromatic heterocycles. The molecule has 1 atom stereocenters. The second kappa shape index (κ2) is 4.37. The number of aliphatic hydroxyl groups excluding tert-OH is 1. The second-order valence-corrected chi connectivity index (χ2v) is 3.55. The molecule has 2 rings (SSSR count). The van der Waals surface area contributed by atoms with Crippen molar-refractivity contribution in [3.63, 3.8) is 0 Å². The molecule has 0 radical (unpaired) electrons. The average molecular weight is 218 g/mol. The normalized spacial score (nSPS) is 12.4. The van der Waals surface area contributed by atoms with Crippen LogP contribution in [0.15, 0.2) is 36.8 Å². The molecule has 0 aliphatic rings. The zero-order valence-electron chi connectivity index (χ0n) is 8.76. The van der Waals surface area contributed by atoms with E-state index in [1.807, 2.05) is 0 Å². The topological polar surface area (TPSA) is 46.0 Å². The van der Waals surface area contributed by atoms with Gasteiger partial charge in [-0.3, -0.25) is 0 Å². The maximum absolute atomic E-state index is 13.1. The number of aliphatic hydroxyl groups is 1. The molecule has 1 heterocycles. The molecule has 0 amide bonds. The summed E-state index contributed by atoms with van der Waals surface area (Å²) >= 11 is 0. The fourth-order valence-corrected chi connectivity index (χ4v) is 1.47. The van der Waals surface area contributed by atoms with Gasteiger partial charge in [0, 0.05) is 6.20 Å². The number of aromatic nitrogens is 2. The molecular formula is C12H11FN2O. The Kier molecular flexibility index (Phi) is 2.92. The van der Waals surface area contributed by atoms with Crippen LogP contribution in [0, 0.1) is 12.7 Å². The van der Waals surface area contributed by atoms with E-state index in [2.05, 4.69) is 9.97 Å². The van der Waals surface area contributed by atoms with Crippen molar-refractivity contribution >= 4 is 0 Å². The second-order valence-electron chi connectivity index (χ2n) is 3.55. The van der Waals surface area contributed by atoms with E-state index in [1.165, 1.54) is 12.4 Å². The van der Waals surface area contributed by atoms with E-state index >= 15 is 0 Å². The van der Waals surface area contributed by atoms with E-state index in [4.69, 9.17) is 0 Å². The third-order valence-corrected chi connectivity index (χ3v) is 2.38. The summed E-state index contributed by atoms with van der Waals surface area (Å²) < 4.78 is 13.1. The Hall–Kier alpha value is -1.81. The first-order chi connectivity index (χ1) is 7.68. The van der Waals surface area contributed by atoms with Crippen molar-refractivity contribution in [3.05, 3.63) is 59.4 Å². The Balaban J connectivity index is 2.34. The molecule has 1 aromatic carbocycles. The molecule has 82 valence electrons. The van der Waals surface area contributed by atoms with Crippen LogP contribution in [0.2, 0.25) is 0 Å². The highest BCUT2D eigenvalue weighted by atomic mass is 19.1. The molecule has 2 aromatic rings. The minimum Gasteiger partial charge on any atom is -0.382 e. The van der Waals surface area contributed by atoms with Gasteiger partial charge < -0.3 is 5.11 Å². The van der Waals surface area contributed by atoms with Gasteiger partial charge in [-0.25, -0.2) is 14.4 Å². The van der Waals surface area contributed by atoms with E-state index < -0.39 is 6.10 Å². The lowest BCUT2D eigenvalue weighted by Gasteiger charge is -2.10. The van der Waals surface area contributed by atoms with Crippen LogP contribution in [0.4, 0.5) is 4.39 Å². The summed E-state index contributed by atoms with van der Waals surface area (Å²) in [4.78, 5) is 7.72.